The summed E-state index contributed by atoms with van der Waals surface area (Å²) < 4.78 is 15.2. The number of carbonyl (C=O) groups is 1. The van der Waals surface area contributed by atoms with Gasteiger partial charge in [-0.25, -0.2) is 4.57 Å². The van der Waals surface area contributed by atoms with Gasteiger partial charge in [0.05, 0.1) is 5.56 Å². The maximum atomic E-state index is 12.0. The fraction of sp³-hybridized carbons (Fsp3) is 0.188. The Morgan fingerprint density at radius 1 is 1.04 bits per heavy atom. The van der Waals surface area contributed by atoms with Crippen molar-refractivity contribution in [3.63, 3.8) is 0 Å². The minimum absolute atomic E-state index is 0.0668. The molecule has 0 aliphatic rings. The van der Waals surface area contributed by atoms with Crippen molar-refractivity contribution >= 4 is 13.6 Å². The first-order valence-electron chi connectivity index (χ1n) is 7.14. The molecule has 0 bridgehead atoms. The van der Waals surface area contributed by atoms with E-state index in [4.69, 9.17) is 9.79 Å². The average Bonchev–Trinajstić information content (AvgIpc) is 2.47. The van der Waals surface area contributed by atoms with E-state index in [0.717, 1.165) is 11.6 Å². The zero-order valence-corrected chi connectivity index (χ0v) is 13.5. The van der Waals surface area contributed by atoms with Gasteiger partial charge in [-0.05, 0) is 42.7 Å². The van der Waals surface area contributed by atoms with E-state index in [0.29, 0.717) is 12.8 Å². The van der Waals surface area contributed by atoms with Crippen LogP contribution in [0.25, 0.3) is 0 Å². The highest BCUT2D eigenvalue weighted by molar-refractivity contribution is 7.46. The number of phenolic OH excluding ortho intramolecular Hbond substituents is 2. The number of hydrogen-bond acceptors (Lipinski definition) is 5. The summed E-state index contributed by atoms with van der Waals surface area (Å²) in [6.07, 6.45) is 1.34. The molecular weight excluding hydrogens is 335 g/mol. The van der Waals surface area contributed by atoms with Crippen LogP contribution in [0.1, 0.15) is 28.8 Å². The summed E-state index contributed by atoms with van der Waals surface area (Å²) in [6.45, 7) is 0. The Balaban J connectivity index is 1.87. The van der Waals surface area contributed by atoms with E-state index in [9.17, 15) is 19.6 Å². The average molecular weight is 352 g/mol. The lowest BCUT2D eigenvalue weighted by Gasteiger charge is -2.08. The van der Waals surface area contributed by atoms with Crippen LogP contribution in [0.4, 0.5) is 0 Å². The van der Waals surface area contributed by atoms with E-state index in [2.05, 4.69) is 4.52 Å². The van der Waals surface area contributed by atoms with Crippen molar-refractivity contribution in [2.45, 2.75) is 19.3 Å². The van der Waals surface area contributed by atoms with Crippen LogP contribution >= 0.6 is 7.82 Å². The van der Waals surface area contributed by atoms with Crippen LogP contribution in [-0.2, 0) is 11.0 Å². The normalized spacial score (nSPS) is 11.2. The van der Waals surface area contributed by atoms with Crippen LogP contribution in [0.15, 0.2) is 42.5 Å². The Kier molecular flexibility index (Phi) is 5.62. The summed E-state index contributed by atoms with van der Waals surface area (Å²) in [5.41, 5.74) is 1.05. The summed E-state index contributed by atoms with van der Waals surface area (Å²) in [7, 11) is -4.57. The van der Waals surface area contributed by atoms with Crippen LogP contribution in [0.3, 0.4) is 0 Å². The summed E-state index contributed by atoms with van der Waals surface area (Å²) in [5, 5.41) is 18.8. The van der Waals surface area contributed by atoms with Crippen molar-refractivity contribution in [3.05, 3.63) is 53.6 Å². The van der Waals surface area contributed by atoms with Crippen molar-refractivity contribution in [2.24, 2.45) is 0 Å². The van der Waals surface area contributed by atoms with Gasteiger partial charge in [0.1, 0.15) is 17.2 Å². The van der Waals surface area contributed by atoms with Crippen molar-refractivity contribution in [1.82, 2.24) is 0 Å². The van der Waals surface area contributed by atoms with E-state index in [1.807, 2.05) is 0 Å². The molecule has 8 heteroatoms. The van der Waals surface area contributed by atoms with E-state index in [1.54, 1.807) is 12.1 Å². The molecular formula is C16H17O7P. The molecule has 2 aromatic rings. The van der Waals surface area contributed by atoms with Crippen LogP contribution < -0.4 is 4.52 Å². The molecule has 0 atom stereocenters. The third-order valence-corrected chi connectivity index (χ3v) is 3.75. The van der Waals surface area contributed by atoms with Gasteiger partial charge in [0.25, 0.3) is 0 Å². The van der Waals surface area contributed by atoms with E-state index in [-0.39, 0.29) is 35.0 Å². The number of phosphoric acid groups is 1. The first-order valence-corrected chi connectivity index (χ1v) is 8.67. The number of Topliss-reactive ketones (excluding diaryl/α,β-unsaturated/α-hetero) is 1. The lowest BCUT2D eigenvalue weighted by Crippen LogP contribution is -2.00. The van der Waals surface area contributed by atoms with Gasteiger partial charge in [-0.15, -0.1) is 0 Å². The number of hydrogen-bond donors (Lipinski definition) is 4. The number of phosphoric ester groups is 1. The van der Waals surface area contributed by atoms with Gasteiger partial charge in [-0.1, -0.05) is 12.1 Å². The molecule has 0 heterocycles. The van der Waals surface area contributed by atoms with E-state index < -0.39 is 7.82 Å². The predicted molar refractivity (Wildman–Crippen MR) is 86.2 cm³/mol. The van der Waals surface area contributed by atoms with Crippen LogP contribution in [-0.4, -0.2) is 25.8 Å². The van der Waals surface area contributed by atoms with Crippen molar-refractivity contribution in [3.8, 4) is 17.2 Å². The number of aryl methyl sites for hydroxylation is 1. The maximum absolute atomic E-state index is 12.0. The van der Waals surface area contributed by atoms with Crippen LogP contribution in [0, 0.1) is 0 Å². The molecule has 7 nitrogen and oxygen atoms in total. The van der Waals surface area contributed by atoms with Gasteiger partial charge in [0, 0.05) is 12.5 Å². The van der Waals surface area contributed by atoms with Crippen molar-refractivity contribution in [1.29, 1.82) is 0 Å². The standard InChI is InChI=1S/C16H17O7P/c17-12-6-9-14(16(19)10-12)15(18)3-1-2-11-4-7-13(8-5-11)23-24(20,21)22/h4-10,17,19H,1-3H2,(H2,20,21,22). The molecule has 0 aromatic heterocycles. The predicted octanol–water partition coefficient (Wildman–Crippen LogP) is 2.77. The highest BCUT2D eigenvalue weighted by Crippen LogP contribution is 2.37. The second-order valence-electron chi connectivity index (χ2n) is 5.20. The molecule has 0 unspecified atom stereocenters. The SMILES string of the molecule is O=C(CCCc1ccc(OP(=O)(O)O)cc1)c1ccc(O)cc1O. The molecule has 4 N–H and O–H groups in total. The highest BCUT2D eigenvalue weighted by Gasteiger charge is 2.15. The lowest BCUT2D eigenvalue weighted by atomic mass is 10.0. The summed E-state index contributed by atoms with van der Waals surface area (Å²) in [5.74, 6) is -0.522. The largest absolute Gasteiger partial charge is 0.524 e. The summed E-state index contributed by atoms with van der Waals surface area (Å²) in [6, 6.07) is 10.0. The van der Waals surface area contributed by atoms with Gasteiger partial charge in [0.2, 0.25) is 0 Å². The molecule has 0 amide bonds. The Labute approximate surface area is 138 Å². The van der Waals surface area contributed by atoms with Crippen LogP contribution in [0.2, 0.25) is 0 Å². The topological polar surface area (TPSA) is 124 Å². The second kappa shape index (κ2) is 7.49. The van der Waals surface area contributed by atoms with Gasteiger partial charge in [-0.2, -0.15) is 0 Å². The van der Waals surface area contributed by atoms with E-state index >= 15 is 0 Å². The number of rotatable bonds is 7. The quantitative estimate of drug-likeness (QED) is 0.446. The fourth-order valence-corrected chi connectivity index (χ4v) is 2.59. The minimum Gasteiger partial charge on any atom is -0.508 e. The van der Waals surface area contributed by atoms with Gasteiger partial charge in [0.15, 0.2) is 5.78 Å². The van der Waals surface area contributed by atoms with Gasteiger partial charge < -0.3 is 14.7 Å². The molecule has 0 aliphatic heterocycles. The first-order chi connectivity index (χ1) is 11.2. The molecule has 0 aliphatic carbocycles. The number of benzene rings is 2. The molecule has 0 saturated heterocycles. The molecule has 128 valence electrons. The Hall–Kier alpha value is -2.34. The Morgan fingerprint density at radius 2 is 1.71 bits per heavy atom. The zero-order valence-electron chi connectivity index (χ0n) is 12.6. The van der Waals surface area contributed by atoms with E-state index in [1.165, 1.54) is 24.3 Å². The molecule has 0 saturated carbocycles. The second-order valence-corrected chi connectivity index (χ2v) is 6.37. The van der Waals surface area contributed by atoms with Gasteiger partial charge in [-0.3, -0.25) is 14.6 Å². The molecule has 2 aromatic carbocycles. The molecule has 2 rings (SSSR count). The number of aromatic hydroxyl groups is 2. The molecule has 0 radical (unpaired) electrons. The third kappa shape index (κ3) is 5.38. The Morgan fingerprint density at radius 3 is 2.29 bits per heavy atom. The molecule has 24 heavy (non-hydrogen) atoms. The first kappa shape index (κ1) is 18.0. The zero-order chi connectivity index (χ0) is 17.7. The Bertz CT molecular complexity index is 764. The smallest absolute Gasteiger partial charge is 0.508 e. The monoisotopic (exact) mass is 352 g/mol. The summed E-state index contributed by atoms with van der Waals surface area (Å²) in [4.78, 5) is 29.4. The number of carbonyl (C=O) groups excluding carboxylic acids is 1. The fourth-order valence-electron chi connectivity index (χ4n) is 2.20. The lowest BCUT2D eigenvalue weighted by molar-refractivity contribution is 0.0977. The third-order valence-electron chi connectivity index (χ3n) is 3.30. The number of phenols is 2. The van der Waals surface area contributed by atoms with Crippen molar-refractivity contribution < 1.29 is 33.9 Å². The maximum Gasteiger partial charge on any atom is 0.524 e. The summed E-state index contributed by atoms with van der Waals surface area (Å²) >= 11 is 0. The van der Waals surface area contributed by atoms with Crippen LogP contribution in [0.5, 0.6) is 17.2 Å². The van der Waals surface area contributed by atoms with Crippen molar-refractivity contribution in [2.75, 3.05) is 0 Å². The minimum atomic E-state index is -4.57. The molecule has 0 fully saturated rings. The number of ketones is 1. The van der Waals surface area contributed by atoms with Gasteiger partial charge >= 0.3 is 7.82 Å². The highest BCUT2D eigenvalue weighted by atomic mass is 31.2. The molecule has 0 spiro atoms.